The minimum atomic E-state index is -3.65. The van der Waals surface area contributed by atoms with E-state index >= 15 is 0 Å². The van der Waals surface area contributed by atoms with Crippen molar-refractivity contribution >= 4 is 55.2 Å². The summed E-state index contributed by atoms with van der Waals surface area (Å²) < 4.78 is 66.5. The molecule has 2 unspecified atom stereocenters. The van der Waals surface area contributed by atoms with Crippen LogP contribution >= 0.6 is 23.2 Å². The van der Waals surface area contributed by atoms with E-state index in [0.29, 0.717) is 69.9 Å². The van der Waals surface area contributed by atoms with Crippen molar-refractivity contribution in [3.05, 3.63) is 116 Å². The van der Waals surface area contributed by atoms with Crippen LogP contribution in [0.5, 0.6) is 11.5 Å². The van der Waals surface area contributed by atoms with Crippen LogP contribution in [0.25, 0.3) is 0 Å². The second-order valence-electron chi connectivity index (χ2n) is 18.4. The molecule has 0 fully saturated rings. The number of rotatable bonds is 16. The number of nitrogens with zero attached hydrogens (tertiary/aromatic N) is 2. The van der Waals surface area contributed by atoms with Crippen molar-refractivity contribution in [1.29, 1.82) is 0 Å². The van der Waals surface area contributed by atoms with E-state index in [9.17, 15) is 36.6 Å². The fourth-order valence-electron chi connectivity index (χ4n) is 6.53. The van der Waals surface area contributed by atoms with Gasteiger partial charge in [-0.05, 0) is 105 Å². The maximum atomic E-state index is 13.2. The number of aryl methyl sites for hydroxylation is 2. The van der Waals surface area contributed by atoms with Gasteiger partial charge >= 0.3 is 11.9 Å². The van der Waals surface area contributed by atoms with Crippen molar-refractivity contribution in [2.24, 2.45) is 10.8 Å². The Balaban J connectivity index is 0.000000361. The average molecular weight is 1010 g/mol. The summed E-state index contributed by atoms with van der Waals surface area (Å²) in [4.78, 5) is 23.9. The topological polar surface area (TPSA) is 168 Å². The van der Waals surface area contributed by atoms with E-state index in [4.69, 9.17) is 32.7 Å². The molecule has 0 amide bonds. The molecule has 2 atom stereocenters. The average Bonchev–Trinajstić information content (AvgIpc) is 3.24. The Labute approximate surface area is 414 Å². The number of aliphatic carboxylic acids is 2. The Hall–Kier alpha value is -5.06. The first-order valence-electron chi connectivity index (χ1n) is 22.2. The number of hydrogen-bond acceptors (Lipinski definition) is 8. The predicted octanol–water partition coefficient (Wildman–Crippen LogP) is 10.7. The highest BCUT2D eigenvalue weighted by atomic mass is 35.5. The molecule has 0 saturated heterocycles. The minimum Gasteiger partial charge on any atom is -0.478 e. The van der Waals surface area contributed by atoms with Crippen LogP contribution in [0.15, 0.2) is 82.6 Å². The molecule has 0 aliphatic carbocycles. The van der Waals surface area contributed by atoms with Crippen LogP contribution in [0, 0.1) is 48.4 Å². The molecule has 0 aromatic heterocycles. The molecule has 4 rings (SSSR count). The Kier molecular flexibility index (Phi) is 20.6. The van der Waals surface area contributed by atoms with Gasteiger partial charge in [0.15, 0.2) is 12.2 Å². The molecule has 0 saturated carbocycles. The second-order valence-corrected chi connectivity index (χ2v) is 23.2. The standard InChI is InChI=1S/C27H34ClNO5S.C25H30ClNO5S/c1-7-15-29(16-8-2)35(32,33)23-13-9-19(3)20(18-23)10-11-21-17-22(28)12-14-24(21)34-25(26(30)31)27(4,5)6;1-7-14-27(6)33(30,31)21-12-8-17(2)18(16-21)9-10-19-15-20(26)11-13-22(19)32-23(24(28)29)25(3,4)5/h9,12-14,17-18,25H,7-8,15-16H2,1-6H3,(H,30,31);8,11-13,15-16,23H,7,14H2,1-6H3,(H,28,29). The zero-order valence-corrected chi connectivity index (χ0v) is 44.1. The molecular formula is C52H64Cl2N2O10S2. The highest BCUT2D eigenvalue weighted by molar-refractivity contribution is 7.89. The zero-order valence-electron chi connectivity index (χ0n) is 41.0. The summed E-state index contributed by atoms with van der Waals surface area (Å²) in [5, 5.41) is 20.1. The van der Waals surface area contributed by atoms with E-state index in [-0.39, 0.29) is 9.79 Å². The van der Waals surface area contributed by atoms with E-state index in [1.807, 2.05) is 34.6 Å². The van der Waals surface area contributed by atoms with Crippen LogP contribution in [0.3, 0.4) is 0 Å². The van der Waals surface area contributed by atoms with Gasteiger partial charge in [0.2, 0.25) is 20.0 Å². The van der Waals surface area contributed by atoms with Crippen LogP contribution in [-0.2, 0) is 29.6 Å². The highest BCUT2D eigenvalue weighted by Gasteiger charge is 2.35. The van der Waals surface area contributed by atoms with Crippen LogP contribution < -0.4 is 9.47 Å². The third kappa shape index (κ3) is 15.7. The minimum absolute atomic E-state index is 0.162. The highest BCUT2D eigenvalue weighted by Crippen LogP contribution is 2.31. The van der Waals surface area contributed by atoms with Gasteiger partial charge in [0.1, 0.15) is 11.5 Å². The fourth-order valence-corrected chi connectivity index (χ4v) is 9.82. The number of carbonyl (C=O) groups is 2. The van der Waals surface area contributed by atoms with E-state index in [1.165, 1.54) is 8.61 Å². The van der Waals surface area contributed by atoms with E-state index < -0.39 is 55.0 Å². The van der Waals surface area contributed by atoms with Crippen molar-refractivity contribution in [2.45, 2.75) is 117 Å². The van der Waals surface area contributed by atoms with Gasteiger partial charge in [0.25, 0.3) is 0 Å². The van der Waals surface area contributed by atoms with E-state index in [2.05, 4.69) is 23.7 Å². The van der Waals surface area contributed by atoms with Crippen molar-refractivity contribution in [1.82, 2.24) is 8.61 Å². The van der Waals surface area contributed by atoms with Gasteiger partial charge < -0.3 is 19.7 Å². The third-order valence-corrected chi connectivity index (χ3v) is 14.5. The third-order valence-electron chi connectivity index (χ3n) is 10.3. The lowest BCUT2D eigenvalue weighted by atomic mass is 9.89. The molecule has 0 heterocycles. The molecule has 16 heteroatoms. The fraction of sp³-hybridized carbons (Fsp3) is 0.423. The number of halogens is 2. The summed E-state index contributed by atoms with van der Waals surface area (Å²) >= 11 is 12.3. The van der Waals surface area contributed by atoms with Gasteiger partial charge in [-0.2, -0.15) is 4.31 Å². The van der Waals surface area contributed by atoms with Gasteiger partial charge in [-0.1, -0.05) is 121 Å². The summed E-state index contributed by atoms with van der Waals surface area (Å²) in [5.41, 5.74) is 2.23. The summed E-state index contributed by atoms with van der Waals surface area (Å²) in [7, 11) is -5.73. The first-order valence-corrected chi connectivity index (χ1v) is 25.8. The molecule has 0 bridgehead atoms. The largest absolute Gasteiger partial charge is 0.478 e. The van der Waals surface area contributed by atoms with Crippen molar-refractivity contribution in [3.8, 4) is 35.2 Å². The quantitative estimate of drug-likeness (QED) is 0.103. The summed E-state index contributed by atoms with van der Waals surface area (Å²) in [5.74, 6) is 10.4. The Morgan fingerprint density at radius 2 is 0.926 bits per heavy atom. The summed E-state index contributed by atoms with van der Waals surface area (Å²) in [6.07, 6.45) is -0.0359. The van der Waals surface area contributed by atoms with Gasteiger partial charge in [0.05, 0.1) is 20.9 Å². The van der Waals surface area contributed by atoms with Crippen molar-refractivity contribution < 1.29 is 46.1 Å². The SMILES string of the molecule is CCCN(C)S(=O)(=O)c1ccc(C)c(C#Cc2cc(Cl)ccc2OC(C(=O)O)C(C)(C)C)c1.CCCN(CCC)S(=O)(=O)c1ccc(C)c(C#Cc2cc(Cl)ccc2OC(C(=O)O)C(C)(C)C)c1. The molecule has 0 aliphatic heterocycles. The molecular weight excluding hydrogens is 948 g/mol. The maximum Gasteiger partial charge on any atom is 0.345 e. The maximum absolute atomic E-state index is 13.2. The molecule has 368 valence electrons. The molecule has 4 aromatic rings. The van der Waals surface area contributed by atoms with Crippen molar-refractivity contribution in [2.75, 3.05) is 26.7 Å². The Morgan fingerprint density at radius 1 is 0.574 bits per heavy atom. The molecule has 2 N–H and O–H groups in total. The number of carboxylic acids is 2. The van der Waals surface area contributed by atoms with Crippen molar-refractivity contribution in [3.63, 3.8) is 0 Å². The molecule has 68 heavy (non-hydrogen) atoms. The van der Waals surface area contributed by atoms with Gasteiger partial charge in [-0.3, -0.25) is 0 Å². The normalized spacial score (nSPS) is 12.7. The zero-order chi connectivity index (χ0) is 51.4. The van der Waals surface area contributed by atoms with Gasteiger partial charge in [0, 0.05) is 58.7 Å². The number of carboxylic acid groups (broad SMARTS) is 2. The number of ether oxygens (including phenoxy) is 2. The summed E-state index contributed by atoms with van der Waals surface area (Å²) in [6.45, 7) is 21.5. The molecule has 0 spiro atoms. The van der Waals surface area contributed by atoms with Gasteiger partial charge in [-0.15, -0.1) is 0 Å². The molecule has 4 aromatic carbocycles. The Morgan fingerprint density at radius 3 is 1.26 bits per heavy atom. The molecule has 0 radical (unpaired) electrons. The van der Waals surface area contributed by atoms with Crippen LogP contribution in [0.2, 0.25) is 10.0 Å². The lowest BCUT2D eigenvalue weighted by Crippen LogP contribution is -2.39. The monoisotopic (exact) mass is 1010 g/mol. The first-order chi connectivity index (χ1) is 31.6. The molecule has 12 nitrogen and oxygen atoms in total. The van der Waals surface area contributed by atoms with E-state index in [1.54, 1.807) is 121 Å². The summed E-state index contributed by atoms with van der Waals surface area (Å²) in [6, 6.07) is 19.3. The van der Waals surface area contributed by atoms with E-state index in [0.717, 1.165) is 24.0 Å². The van der Waals surface area contributed by atoms with Crippen LogP contribution in [0.1, 0.15) is 115 Å². The molecule has 0 aliphatic rings. The lowest BCUT2D eigenvalue weighted by molar-refractivity contribution is -0.151. The Bertz CT molecular complexity index is 2790. The number of sulfonamides is 2. The first kappa shape index (κ1) is 57.3. The number of hydrogen-bond donors (Lipinski definition) is 2. The second kappa shape index (κ2) is 24.5. The van der Waals surface area contributed by atoms with Crippen LogP contribution in [0.4, 0.5) is 0 Å². The van der Waals surface area contributed by atoms with Crippen LogP contribution in [-0.4, -0.2) is 86.5 Å². The smallest absolute Gasteiger partial charge is 0.345 e. The predicted molar refractivity (Wildman–Crippen MR) is 270 cm³/mol. The van der Waals surface area contributed by atoms with Gasteiger partial charge in [-0.25, -0.2) is 30.7 Å². The number of benzene rings is 4. The lowest BCUT2D eigenvalue weighted by Gasteiger charge is -2.28.